The van der Waals surface area contributed by atoms with Gasteiger partial charge >= 0.3 is 6.09 Å². The number of carbonyl (C=O) groups is 1. The number of amidine groups is 1. The Morgan fingerprint density at radius 1 is 1.80 bits per heavy atom. The van der Waals surface area contributed by atoms with Gasteiger partial charge in [-0.2, -0.15) is 9.28 Å². The fourth-order valence-corrected chi connectivity index (χ4v) is 0.705. The molecule has 0 aromatic carbocycles. The molecule has 54 valence electrons. The number of amides is 1. The molecule has 4 heteroatoms. The van der Waals surface area contributed by atoms with Gasteiger partial charge in [0.2, 0.25) is 5.84 Å². The van der Waals surface area contributed by atoms with Gasteiger partial charge in [0.25, 0.3) is 0 Å². The SMILES string of the molecule is CC1=NC=C[N+]1(C)C(=O)O. The number of rotatable bonds is 0. The molecule has 0 aromatic heterocycles. The quantitative estimate of drug-likeness (QED) is 0.512. The van der Waals surface area contributed by atoms with Crippen molar-refractivity contribution in [2.75, 3.05) is 7.05 Å². The van der Waals surface area contributed by atoms with E-state index in [9.17, 15) is 4.79 Å². The number of carboxylic acid groups (broad SMARTS) is 1. The normalized spacial score (nSPS) is 30.4. The number of quaternary nitrogens is 1. The van der Waals surface area contributed by atoms with Crippen molar-refractivity contribution in [3.05, 3.63) is 12.4 Å². The van der Waals surface area contributed by atoms with Gasteiger partial charge in [0.1, 0.15) is 6.20 Å². The molecule has 0 spiro atoms. The van der Waals surface area contributed by atoms with E-state index < -0.39 is 6.09 Å². The van der Waals surface area contributed by atoms with Gasteiger partial charge in [0.05, 0.1) is 13.2 Å². The maximum Gasteiger partial charge on any atom is 0.524 e. The van der Waals surface area contributed by atoms with Crippen LogP contribution in [0.1, 0.15) is 6.92 Å². The van der Waals surface area contributed by atoms with Gasteiger partial charge in [-0.3, -0.25) is 0 Å². The van der Waals surface area contributed by atoms with Crippen molar-refractivity contribution in [3.63, 3.8) is 0 Å². The third-order valence-corrected chi connectivity index (χ3v) is 1.70. The van der Waals surface area contributed by atoms with Crippen molar-refractivity contribution in [1.82, 2.24) is 0 Å². The molecule has 0 bridgehead atoms. The minimum atomic E-state index is -0.907. The molecule has 1 unspecified atom stereocenters. The van der Waals surface area contributed by atoms with Crippen LogP contribution in [0.2, 0.25) is 0 Å². The summed E-state index contributed by atoms with van der Waals surface area (Å²) in [6.07, 6.45) is 2.12. The van der Waals surface area contributed by atoms with Gasteiger partial charge in [-0.25, -0.2) is 4.99 Å². The van der Waals surface area contributed by atoms with Gasteiger partial charge in [-0.05, 0) is 0 Å². The molecule has 1 rings (SSSR count). The first kappa shape index (κ1) is 6.95. The Balaban J connectivity index is 3.00. The van der Waals surface area contributed by atoms with Gasteiger partial charge in [-0.1, -0.05) is 0 Å². The summed E-state index contributed by atoms with van der Waals surface area (Å²) in [5.41, 5.74) is 0. The maximum atomic E-state index is 10.6. The third kappa shape index (κ3) is 0.733. The zero-order valence-electron chi connectivity index (χ0n) is 5.90. The van der Waals surface area contributed by atoms with Crippen LogP contribution in [0.15, 0.2) is 17.4 Å². The van der Waals surface area contributed by atoms with Crippen LogP contribution in [0.5, 0.6) is 0 Å². The molecule has 1 N–H and O–H groups in total. The molecule has 0 aliphatic carbocycles. The van der Waals surface area contributed by atoms with Crippen LogP contribution in [-0.2, 0) is 0 Å². The summed E-state index contributed by atoms with van der Waals surface area (Å²) in [4.78, 5) is 14.4. The predicted octanol–water partition coefficient (Wildman–Crippen LogP) is 1.01. The fourth-order valence-electron chi connectivity index (χ4n) is 0.705. The molecular weight excluding hydrogens is 132 g/mol. The van der Waals surface area contributed by atoms with Crippen LogP contribution in [0, 0.1) is 0 Å². The second kappa shape index (κ2) is 1.91. The van der Waals surface area contributed by atoms with Crippen molar-refractivity contribution < 1.29 is 14.4 Å². The average Bonchev–Trinajstić information content (AvgIpc) is 2.15. The Bertz CT molecular complexity index is 232. The molecule has 0 saturated heterocycles. The zero-order valence-corrected chi connectivity index (χ0v) is 5.90. The molecule has 1 atom stereocenters. The summed E-state index contributed by atoms with van der Waals surface area (Å²) in [7, 11) is 1.57. The molecule has 1 heterocycles. The molecule has 0 aromatic rings. The summed E-state index contributed by atoms with van der Waals surface area (Å²) in [6, 6.07) is 0. The Kier molecular flexibility index (Phi) is 1.33. The first-order chi connectivity index (χ1) is 4.57. The van der Waals surface area contributed by atoms with Crippen molar-refractivity contribution >= 4 is 11.9 Å². The number of nitrogens with zero attached hydrogens (tertiary/aromatic N) is 2. The lowest BCUT2D eigenvalue weighted by molar-refractivity contribution is -0.683. The lowest BCUT2D eigenvalue weighted by Crippen LogP contribution is -2.45. The Morgan fingerprint density at radius 2 is 2.40 bits per heavy atom. The van der Waals surface area contributed by atoms with Crippen LogP contribution in [0.4, 0.5) is 4.79 Å². The van der Waals surface area contributed by atoms with E-state index in [-0.39, 0.29) is 4.48 Å². The van der Waals surface area contributed by atoms with E-state index in [1.54, 1.807) is 14.0 Å². The minimum Gasteiger partial charge on any atom is -0.435 e. The lowest BCUT2D eigenvalue weighted by atomic mass is 10.5. The van der Waals surface area contributed by atoms with Crippen LogP contribution in [-0.4, -0.2) is 28.6 Å². The Hall–Kier alpha value is -1.16. The van der Waals surface area contributed by atoms with E-state index in [2.05, 4.69) is 4.99 Å². The predicted molar refractivity (Wildman–Crippen MR) is 36.5 cm³/mol. The van der Waals surface area contributed by atoms with Crippen LogP contribution in [0.3, 0.4) is 0 Å². The molecule has 1 aliphatic rings. The first-order valence-electron chi connectivity index (χ1n) is 2.90. The highest BCUT2D eigenvalue weighted by Gasteiger charge is 2.35. The highest BCUT2D eigenvalue weighted by Crippen LogP contribution is 2.12. The average molecular weight is 141 g/mol. The van der Waals surface area contributed by atoms with E-state index in [4.69, 9.17) is 5.11 Å². The summed E-state index contributed by atoms with van der Waals surface area (Å²) in [6.45, 7) is 1.69. The second-order valence-corrected chi connectivity index (χ2v) is 2.33. The van der Waals surface area contributed by atoms with E-state index >= 15 is 0 Å². The first-order valence-corrected chi connectivity index (χ1v) is 2.90. The monoisotopic (exact) mass is 141 g/mol. The second-order valence-electron chi connectivity index (χ2n) is 2.33. The van der Waals surface area contributed by atoms with Crippen molar-refractivity contribution in [2.45, 2.75) is 6.92 Å². The number of hydrogen-bond acceptors (Lipinski definition) is 2. The standard InChI is InChI=1S/C6H8N2O2/c1-5-7-3-4-8(5,2)6(9)10/h3-4H,1-2H3/p+1. The summed E-state index contributed by atoms with van der Waals surface area (Å²) in [5, 5.41) is 8.68. The molecular formula is C6H9N2O2+. The fraction of sp³-hybridized carbons (Fsp3) is 0.333. The van der Waals surface area contributed by atoms with Gasteiger partial charge < -0.3 is 5.11 Å². The van der Waals surface area contributed by atoms with Crippen LogP contribution >= 0.6 is 0 Å². The van der Waals surface area contributed by atoms with Crippen LogP contribution in [0.25, 0.3) is 0 Å². The molecule has 0 fully saturated rings. The summed E-state index contributed by atoms with van der Waals surface area (Å²) in [5.74, 6) is 0.576. The maximum absolute atomic E-state index is 10.6. The Morgan fingerprint density at radius 3 is 2.60 bits per heavy atom. The molecule has 0 radical (unpaired) electrons. The molecule has 4 nitrogen and oxygen atoms in total. The van der Waals surface area contributed by atoms with Crippen molar-refractivity contribution in [1.29, 1.82) is 0 Å². The molecule has 1 aliphatic heterocycles. The van der Waals surface area contributed by atoms with E-state index in [1.165, 1.54) is 12.4 Å². The van der Waals surface area contributed by atoms with Gasteiger partial charge in [0, 0.05) is 6.92 Å². The van der Waals surface area contributed by atoms with E-state index in [0.717, 1.165) is 0 Å². The van der Waals surface area contributed by atoms with Gasteiger partial charge in [-0.15, -0.1) is 0 Å². The highest BCUT2D eigenvalue weighted by atomic mass is 16.4. The summed E-state index contributed by atoms with van der Waals surface area (Å²) < 4.78 is -0.222. The van der Waals surface area contributed by atoms with Crippen LogP contribution < -0.4 is 0 Å². The molecule has 0 saturated carbocycles. The molecule has 10 heavy (non-hydrogen) atoms. The van der Waals surface area contributed by atoms with E-state index in [0.29, 0.717) is 5.84 Å². The summed E-state index contributed by atoms with van der Waals surface area (Å²) >= 11 is 0. The minimum absolute atomic E-state index is 0.222. The smallest absolute Gasteiger partial charge is 0.435 e. The third-order valence-electron chi connectivity index (χ3n) is 1.70. The lowest BCUT2D eigenvalue weighted by Gasteiger charge is -2.17. The number of hydrogen-bond donors (Lipinski definition) is 1. The zero-order chi connectivity index (χ0) is 7.78. The van der Waals surface area contributed by atoms with Crippen molar-refractivity contribution in [3.8, 4) is 0 Å². The van der Waals surface area contributed by atoms with E-state index in [1.807, 2.05) is 0 Å². The largest absolute Gasteiger partial charge is 0.524 e. The highest BCUT2D eigenvalue weighted by molar-refractivity contribution is 5.84. The Labute approximate surface area is 58.7 Å². The topological polar surface area (TPSA) is 49.7 Å². The van der Waals surface area contributed by atoms with Gasteiger partial charge in [0.15, 0.2) is 0 Å². The van der Waals surface area contributed by atoms with Crippen molar-refractivity contribution in [2.24, 2.45) is 4.99 Å². The number of aliphatic imine (C=N–C) groups is 1. The molecule has 1 amide bonds.